The number of benzene rings is 2. The minimum atomic E-state index is 0.491. The minimum Gasteiger partial charge on any atom is -0.348 e. The standard InChI is InChI=1S/C26H31N/c1-3-22(20-13-7-5-8-14-20)24-19-26(27-18-12-11-17-25(24)27)23(4-2)21-15-9-6-10-16-21/h5-10,13-16,19,22-23H,3-4,11-12,17-18H2,1-2H3/t22-,23-/m1/s1. The fourth-order valence-electron chi connectivity index (χ4n) is 4.95. The fourth-order valence-corrected chi connectivity index (χ4v) is 4.95. The molecular formula is C26H31N. The minimum absolute atomic E-state index is 0.491. The molecule has 0 fully saturated rings. The molecule has 0 bridgehead atoms. The molecule has 0 saturated heterocycles. The molecule has 0 unspecified atom stereocenters. The van der Waals surface area contributed by atoms with Crippen molar-refractivity contribution in [2.75, 3.05) is 0 Å². The van der Waals surface area contributed by atoms with E-state index in [1.165, 1.54) is 42.6 Å². The average Bonchev–Trinajstić information content (AvgIpc) is 3.10. The lowest BCUT2D eigenvalue weighted by molar-refractivity contribution is 0.501. The molecule has 4 rings (SSSR count). The Labute approximate surface area is 164 Å². The van der Waals surface area contributed by atoms with Gasteiger partial charge in [0.1, 0.15) is 0 Å². The van der Waals surface area contributed by atoms with E-state index in [1.54, 1.807) is 11.3 Å². The second-order valence-corrected chi connectivity index (χ2v) is 7.82. The summed E-state index contributed by atoms with van der Waals surface area (Å²) in [6.45, 7) is 5.84. The molecule has 0 radical (unpaired) electrons. The molecule has 1 heteroatoms. The molecule has 1 aliphatic heterocycles. The maximum Gasteiger partial charge on any atom is 0.0255 e. The Kier molecular flexibility index (Phi) is 5.48. The Morgan fingerprint density at radius 1 is 0.778 bits per heavy atom. The van der Waals surface area contributed by atoms with Crippen LogP contribution in [0.4, 0.5) is 0 Å². The summed E-state index contributed by atoms with van der Waals surface area (Å²) in [5.41, 5.74) is 7.61. The van der Waals surface area contributed by atoms with Crippen molar-refractivity contribution in [3.05, 3.63) is 94.8 Å². The third kappa shape index (κ3) is 3.48. The maximum atomic E-state index is 2.67. The Morgan fingerprint density at radius 3 is 1.96 bits per heavy atom. The van der Waals surface area contributed by atoms with Gasteiger partial charge in [-0.15, -0.1) is 0 Å². The predicted octanol–water partition coefficient (Wildman–Crippen LogP) is 6.91. The van der Waals surface area contributed by atoms with E-state index in [9.17, 15) is 0 Å². The van der Waals surface area contributed by atoms with Gasteiger partial charge >= 0.3 is 0 Å². The van der Waals surface area contributed by atoms with Crippen LogP contribution in [-0.4, -0.2) is 4.57 Å². The summed E-state index contributed by atoms with van der Waals surface area (Å²) in [5, 5.41) is 0. The van der Waals surface area contributed by atoms with Crippen LogP contribution in [0.3, 0.4) is 0 Å². The zero-order valence-electron chi connectivity index (χ0n) is 16.7. The molecule has 3 aromatic rings. The van der Waals surface area contributed by atoms with Crippen LogP contribution < -0.4 is 0 Å². The van der Waals surface area contributed by atoms with Gasteiger partial charge in [0.05, 0.1) is 0 Å². The van der Waals surface area contributed by atoms with Crippen molar-refractivity contribution >= 4 is 0 Å². The summed E-state index contributed by atoms with van der Waals surface area (Å²) < 4.78 is 2.67. The van der Waals surface area contributed by atoms with Crippen LogP contribution >= 0.6 is 0 Å². The van der Waals surface area contributed by atoms with E-state index in [4.69, 9.17) is 0 Å². The summed E-state index contributed by atoms with van der Waals surface area (Å²) in [6, 6.07) is 24.7. The summed E-state index contributed by atoms with van der Waals surface area (Å²) >= 11 is 0. The van der Waals surface area contributed by atoms with Gasteiger partial charge in [-0.25, -0.2) is 0 Å². The highest BCUT2D eigenvalue weighted by molar-refractivity contribution is 5.42. The van der Waals surface area contributed by atoms with E-state index >= 15 is 0 Å². The highest BCUT2D eigenvalue weighted by Crippen LogP contribution is 2.39. The van der Waals surface area contributed by atoms with E-state index in [-0.39, 0.29) is 0 Å². The Bertz CT molecular complexity index is 788. The number of nitrogens with zero attached hydrogens (tertiary/aromatic N) is 1. The first-order chi connectivity index (χ1) is 13.3. The van der Waals surface area contributed by atoms with Crippen LogP contribution in [0, 0.1) is 0 Å². The molecule has 0 amide bonds. The van der Waals surface area contributed by atoms with E-state index in [2.05, 4.69) is 85.1 Å². The van der Waals surface area contributed by atoms with Crippen LogP contribution in [-0.2, 0) is 13.0 Å². The van der Waals surface area contributed by atoms with Gasteiger partial charge in [0.25, 0.3) is 0 Å². The lowest BCUT2D eigenvalue weighted by Crippen LogP contribution is -2.16. The third-order valence-corrected chi connectivity index (χ3v) is 6.27. The van der Waals surface area contributed by atoms with Crippen molar-refractivity contribution in [3.63, 3.8) is 0 Å². The average molecular weight is 358 g/mol. The van der Waals surface area contributed by atoms with Gasteiger partial charge in [0, 0.05) is 29.8 Å². The van der Waals surface area contributed by atoms with Crippen LogP contribution in [0.5, 0.6) is 0 Å². The number of aromatic nitrogens is 1. The summed E-state index contributed by atoms with van der Waals surface area (Å²) in [6.07, 6.45) is 6.16. The first-order valence-electron chi connectivity index (χ1n) is 10.7. The molecule has 0 spiro atoms. The summed E-state index contributed by atoms with van der Waals surface area (Å²) in [5.74, 6) is 0.998. The van der Waals surface area contributed by atoms with Crippen LogP contribution in [0.2, 0.25) is 0 Å². The number of hydrogen-bond acceptors (Lipinski definition) is 0. The summed E-state index contributed by atoms with van der Waals surface area (Å²) in [4.78, 5) is 0. The van der Waals surface area contributed by atoms with E-state index in [0.717, 1.165) is 12.8 Å². The van der Waals surface area contributed by atoms with E-state index in [1.807, 2.05) is 0 Å². The van der Waals surface area contributed by atoms with E-state index < -0.39 is 0 Å². The second-order valence-electron chi connectivity index (χ2n) is 7.82. The third-order valence-electron chi connectivity index (χ3n) is 6.27. The van der Waals surface area contributed by atoms with Crippen LogP contribution in [0.15, 0.2) is 66.7 Å². The molecule has 1 nitrogen and oxygen atoms in total. The van der Waals surface area contributed by atoms with Gasteiger partial charge in [-0.05, 0) is 54.9 Å². The molecule has 1 aromatic heterocycles. The quantitative estimate of drug-likeness (QED) is 0.452. The second kappa shape index (κ2) is 8.17. The zero-order chi connectivity index (χ0) is 18.6. The van der Waals surface area contributed by atoms with Crippen molar-refractivity contribution in [3.8, 4) is 0 Å². The van der Waals surface area contributed by atoms with Crippen molar-refractivity contribution in [1.29, 1.82) is 0 Å². The zero-order valence-corrected chi connectivity index (χ0v) is 16.7. The largest absolute Gasteiger partial charge is 0.348 e. The molecule has 140 valence electrons. The van der Waals surface area contributed by atoms with Crippen molar-refractivity contribution in [2.45, 2.75) is 64.3 Å². The number of fused-ring (bicyclic) bond motifs is 1. The molecule has 1 aliphatic rings. The molecule has 2 heterocycles. The number of hydrogen-bond donors (Lipinski definition) is 0. The molecule has 27 heavy (non-hydrogen) atoms. The van der Waals surface area contributed by atoms with Gasteiger partial charge in [-0.1, -0.05) is 74.5 Å². The van der Waals surface area contributed by atoms with Gasteiger partial charge in [0.2, 0.25) is 0 Å². The van der Waals surface area contributed by atoms with Gasteiger partial charge in [-0.3, -0.25) is 0 Å². The van der Waals surface area contributed by atoms with Gasteiger partial charge in [0.15, 0.2) is 0 Å². The summed E-state index contributed by atoms with van der Waals surface area (Å²) in [7, 11) is 0. The highest BCUT2D eigenvalue weighted by atomic mass is 15.0. The molecule has 0 saturated carbocycles. The van der Waals surface area contributed by atoms with Crippen molar-refractivity contribution < 1.29 is 0 Å². The lowest BCUT2D eigenvalue weighted by Gasteiger charge is -2.24. The predicted molar refractivity (Wildman–Crippen MR) is 115 cm³/mol. The Hall–Kier alpha value is -2.28. The first-order valence-corrected chi connectivity index (χ1v) is 10.7. The van der Waals surface area contributed by atoms with Gasteiger partial charge < -0.3 is 4.57 Å². The fraction of sp³-hybridized carbons (Fsp3) is 0.385. The van der Waals surface area contributed by atoms with E-state index in [0.29, 0.717) is 11.8 Å². The molecule has 2 atom stereocenters. The smallest absolute Gasteiger partial charge is 0.0255 e. The van der Waals surface area contributed by atoms with Crippen molar-refractivity contribution in [2.24, 2.45) is 0 Å². The first kappa shape index (κ1) is 18.1. The van der Waals surface area contributed by atoms with Crippen molar-refractivity contribution in [1.82, 2.24) is 4.57 Å². The van der Waals surface area contributed by atoms with Gasteiger partial charge in [-0.2, -0.15) is 0 Å². The molecule has 0 aliphatic carbocycles. The molecule has 2 aromatic carbocycles. The lowest BCUT2D eigenvalue weighted by atomic mass is 9.87. The maximum absolute atomic E-state index is 2.67. The molecule has 0 N–H and O–H groups in total. The SMILES string of the molecule is CC[C@H](c1ccccc1)c1cc([C@H](CC)c2ccccc2)n2c1CCCC2. The molecular weight excluding hydrogens is 326 g/mol. The normalized spacial score (nSPS) is 15.9. The number of rotatable bonds is 6. The van der Waals surface area contributed by atoms with Crippen LogP contribution in [0.25, 0.3) is 0 Å². The topological polar surface area (TPSA) is 4.93 Å². The highest BCUT2D eigenvalue weighted by Gasteiger charge is 2.27. The monoisotopic (exact) mass is 357 g/mol. The van der Waals surface area contributed by atoms with Crippen LogP contribution in [0.1, 0.15) is 79.4 Å². The Morgan fingerprint density at radius 2 is 1.37 bits per heavy atom. The Balaban J connectivity index is 1.82.